The van der Waals surface area contributed by atoms with E-state index in [1.165, 1.54) is 0 Å². The standard InChI is InChI=1S/C16H16ClN3/c1-11(2)9-19-16-13(8-18)7-14(10-20-16)12-3-5-15(17)6-4-12/h3-7,10-11H,9H2,1-2H3,(H,19,20). The van der Waals surface area contributed by atoms with Crippen molar-refractivity contribution >= 4 is 17.4 Å². The molecule has 0 aliphatic heterocycles. The summed E-state index contributed by atoms with van der Waals surface area (Å²) in [4.78, 5) is 4.35. The second kappa shape index (κ2) is 6.40. The number of nitriles is 1. The number of aromatic nitrogens is 1. The van der Waals surface area contributed by atoms with E-state index in [2.05, 4.69) is 30.2 Å². The molecular weight excluding hydrogens is 270 g/mol. The van der Waals surface area contributed by atoms with Gasteiger partial charge in [0.15, 0.2) is 0 Å². The second-order valence-electron chi connectivity index (χ2n) is 5.01. The number of halogens is 1. The number of rotatable bonds is 4. The van der Waals surface area contributed by atoms with E-state index in [0.717, 1.165) is 17.7 Å². The van der Waals surface area contributed by atoms with Crippen LogP contribution >= 0.6 is 11.6 Å². The molecule has 0 aliphatic rings. The van der Waals surface area contributed by atoms with Gasteiger partial charge in [0.05, 0.1) is 5.56 Å². The summed E-state index contributed by atoms with van der Waals surface area (Å²) in [5.74, 6) is 1.14. The van der Waals surface area contributed by atoms with Crippen molar-refractivity contribution in [2.24, 2.45) is 5.92 Å². The number of benzene rings is 1. The third-order valence-electron chi connectivity index (χ3n) is 2.86. The summed E-state index contributed by atoms with van der Waals surface area (Å²) in [5, 5.41) is 13.1. The summed E-state index contributed by atoms with van der Waals surface area (Å²) in [6.07, 6.45) is 1.77. The van der Waals surface area contributed by atoms with Crippen molar-refractivity contribution in [1.29, 1.82) is 5.26 Å². The highest BCUT2D eigenvalue weighted by Gasteiger charge is 2.07. The lowest BCUT2D eigenvalue weighted by Gasteiger charge is -2.10. The van der Waals surface area contributed by atoms with Crippen molar-refractivity contribution in [3.05, 3.63) is 47.1 Å². The van der Waals surface area contributed by atoms with Crippen LogP contribution < -0.4 is 5.32 Å². The van der Waals surface area contributed by atoms with Gasteiger partial charge in [-0.25, -0.2) is 4.98 Å². The Labute approximate surface area is 124 Å². The van der Waals surface area contributed by atoms with E-state index < -0.39 is 0 Å². The molecular formula is C16H16ClN3. The van der Waals surface area contributed by atoms with E-state index in [4.69, 9.17) is 11.6 Å². The van der Waals surface area contributed by atoms with Gasteiger partial charge in [-0.3, -0.25) is 0 Å². The monoisotopic (exact) mass is 285 g/mol. The van der Waals surface area contributed by atoms with E-state index >= 15 is 0 Å². The Morgan fingerprint density at radius 2 is 1.95 bits per heavy atom. The molecule has 1 N–H and O–H groups in total. The van der Waals surface area contributed by atoms with E-state index in [0.29, 0.717) is 22.3 Å². The Bertz CT molecular complexity index is 627. The first kappa shape index (κ1) is 14.4. The maximum Gasteiger partial charge on any atom is 0.143 e. The van der Waals surface area contributed by atoms with Crippen LogP contribution in [0, 0.1) is 17.2 Å². The van der Waals surface area contributed by atoms with Crippen molar-refractivity contribution in [2.75, 3.05) is 11.9 Å². The zero-order chi connectivity index (χ0) is 14.5. The van der Waals surface area contributed by atoms with Gasteiger partial charge in [0.1, 0.15) is 11.9 Å². The average molecular weight is 286 g/mol. The Hall–Kier alpha value is -2.05. The first-order chi connectivity index (χ1) is 9.60. The lowest BCUT2D eigenvalue weighted by molar-refractivity contribution is 0.687. The van der Waals surface area contributed by atoms with Gasteiger partial charge in [-0.2, -0.15) is 5.26 Å². The lowest BCUT2D eigenvalue weighted by Crippen LogP contribution is -2.10. The minimum atomic E-state index is 0.499. The predicted molar refractivity (Wildman–Crippen MR) is 82.7 cm³/mol. The molecule has 0 fully saturated rings. The minimum Gasteiger partial charge on any atom is -0.369 e. The Balaban J connectivity index is 2.29. The van der Waals surface area contributed by atoms with Crippen molar-refractivity contribution < 1.29 is 0 Å². The summed E-state index contributed by atoms with van der Waals surface area (Å²) < 4.78 is 0. The maximum atomic E-state index is 9.25. The number of nitrogens with zero attached hydrogens (tertiary/aromatic N) is 2. The molecule has 0 amide bonds. The van der Waals surface area contributed by atoms with E-state index in [1.807, 2.05) is 30.3 Å². The number of hydrogen-bond donors (Lipinski definition) is 1. The van der Waals surface area contributed by atoms with Crippen LogP contribution in [0.25, 0.3) is 11.1 Å². The molecule has 1 aromatic carbocycles. The molecule has 0 saturated carbocycles. The molecule has 0 aliphatic carbocycles. The van der Waals surface area contributed by atoms with Crippen molar-refractivity contribution in [2.45, 2.75) is 13.8 Å². The van der Waals surface area contributed by atoms with Gasteiger partial charge >= 0.3 is 0 Å². The van der Waals surface area contributed by atoms with Crippen LogP contribution in [-0.4, -0.2) is 11.5 Å². The fourth-order valence-electron chi connectivity index (χ4n) is 1.79. The first-order valence-corrected chi connectivity index (χ1v) is 6.88. The van der Waals surface area contributed by atoms with Crippen LogP contribution in [0.4, 0.5) is 5.82 Å². The molecule has 2 aromatic rings. The third-order valence-corrected chi connectivity index (χ3v) is 3.12. The largest absolute Gasteiger partial charge is 0.369 e. The Morgan fingerprint density at radius 1 is 1.25 bits per heavy atom. The molecule has 4 heteroatoms. The van der Waals surface area contributed by atoms with Gasteiger partial charge in [-0.1, -0.05) is 37.6 Å². The predicted octanol–water partition coefficient (Wildman–Crippen LogP) is 4.34. The van der Waals surface area contributed by atoms with E-state index in [-0.39, 0.29) is 0 Å². The molecule has 102 valence electrons. The van der Waals surface area contributed by atoms with Gasteiger partial charge in [0.2, 0.25) is 0 Å². The molecule has 0 unspecified atom stereocenters. The molecule has 0 saturated heterocycles. The summed E-state index contributed by atoms with van der Waals surface area (Å²) in [6, 6.07) is 11.5. The van der Waals surface area contributed by atoms with Gasteiger partial charge in [-0.05, 0) is 29.7 Å². The van der Waals surface area contributed by atoms with Crippen LogP contribution in [0.15, 0.2) is 36.5 Å². The summed E-state index contributed by atoms with van der Waals surface area (Å²) in [5.41, 5.74) is 2.46. The van der Waals surface area contributed by atoms with Crippen LogP contribution in [0.3, 0.4) is 0 Å². The SMILES string of the molecule is CC(C)CNc1ncc(-c2ccc(Cl)cc2)cc1C#N. The molecule has 1 heterocycles. The highest BCUT2D eigenvalue weighted by Crippen LogP contribution is 2.24. The van der Waals surface area contributed by atoms with Crippen LogP contribution in [-0.2, 0) is 0 Å². The van der Waals surface area contributed by atoms with Crippen molar-refractivity contribution in [3.8, 4) is 17.2 Å². The highest BCUT2D eigenvalue weighted by atomic mass is 35.5. The number of pyridine rings is 1. The fraction of sp³-hybridized carbons (Fsp3) is 0.250. The van der Waals surface area contributed by atoms with Crippen molar-refractivity contribution in [1.82, 2.24) is 4.98 Å². The van der Waals surface area contributed by atoms with Crippen LogP contribution in [0.1, 0.15) is 19.4 Å². The third kappa shape index (κ3) is 3.49. The molecule has 0 atom stereocenters. The topological polar surface area (TPSA) is 48.7 Å². The van der Waals surface area contributed by atoms with Crippen LogP contribution in [0.5, 0.6) is 0 Å². The minimum absolute atomic E-state index is 0.499. The smallest absolute Gasteiger partial charge is 0.143 e. The van der Waals surface area contributed by atoms with Crippen molar-refractivity contribution in [3.63, 3.8) is 0 Å². The zero-order valence-electron chi connectivity index (χ0n) is 11.5. The van der Waals surface area contributed by atoms with Gasteiger partial charge in [0, 0.05) is 23.3 Å². The van der Waals surface area contributed by atoms with E-state index in [9.17, 15) is 5.26 Å². The molecule has 1 aromatic heterocycles. The lowest BCUT2D eigenvalue weighted by atomic mass is 10.1. The molecule has 0 spiro atoms. The van der Waals surface area contributed by atoms with Gasteiger partial charge < -0.3 is 5.32 Å². The molecule has 0 bridgehead atoms. The second-order valence-corrected chi connectivity index (χ2v) is 5.45. The molecule has 0 radical (unpaired) electrons. The summed E-state index contributed by atoms with van der Waals surface area (Å²) in [7, 11) is 0. The first-order valence-electron chi connectivity index (χ1n) is 6.50. The van der Waals surface area contributed by atoms with Gasteiger partial charge in [-0.15, -0.1) is 0 Å². The summed E-state index contributed by atoms with van der Waals surface area (Å²) >= 11 is 5.88. The number of nitrogens with one attached hydrogen (secondary N) is 1. The normalized spacial score (nSPS) is 10.3. The molecule has 20 heavy (non-hydrogen) atoms. The van der Waals surface area contributed by atoms with Crippen LogP contribution in [0.2, 0.25) is 5.02 Å². The molecule has 3 nitrogen and oxygen atoms in total. The fourth-order valence-corrected chi connectivity index (χ4v) is 1.92. The highest BCUT2D eigenvalue weighted by molar-refractivity contribution is 6.30. The Kier molecular flexibility index (Phi) is 4.60. The molecule has 2 rings (SSSR count). The van der Waals surface area contributed by atoms with E-state index in [1.54, 1.807) is 6.20 Å². The number of anilines is 1. The quantitative estimate of drug-likeness (QED) is 0.909. The zero-order valence-corrected chi connectivity index (χ0v) is 12.3. The average Bonchev–Trinajstić information content (AvgIpc) is 2.45. The summed E-state index contributed by atoms with van der Waals surface area (Å²) in [6.45, 7) is 5.02. The Morgan fingerprint density at radius 3 is 2.55 bits per heavy atom. The maximum absolute atomic E-state index is 9.25. The van der Waals surface area contributed by atoms with Gasteiger partial charge in [0.25, 0.3) is 0 Å². The number of hydrogen-bond acceptors (Lipinski definition) is 3.